The Kier molecular flexibility index (Phi) is 7.44. The average molecular weight is 439 g/mol. The largest absolute Gasteiger partial charge is 0.296 e. The molecule has 0 bridgehead atoms. The molecule has 3 rings (SSSR count). The number of nitrogens with zero attached hydrogens (tertiary/aromatic N) is 2. The molecule has 0 atom stereocenters. The van der Waals surface area contributed by atoms with Gasteiger partial charge in [-0.25, -0.2) is 4.39 Å². The zero-order valence-electron chi connectivity index (χ0n) is 15.6. The molecule has 2 amide bonds. The summed E-state index contributed by atoms with van der Waals surface area (Å²) in [6.07, 6.45) is 0. The van der Waals surface area contributed by atoms with Crippen molar-refractivity contribution in [3.63, 3.8) is 0 Å². The van der Waals surface area contributed by atoms with Gasteiger partial charge in [0.1, 0.15) is 5.82 Å². The Morgan fingerprint density at radius 1 is 0.897 bits per heavy atom. The van der Waals surface area contributed by atoms with Gasteiger partial charge in [-0.15, -0.1) is 0 Å². The van der Waals surface area contributed by atoms with Crippen LogP contribution in [0.1, 0.15) is 15.9 Å². The van der Waals surface area contributed by atoms with Gasteiger partial charge in [-0.1, -0.05) is 41.4 Å². The van der Waals surface area contributed by atoms with Gasteiger partial charge in [0.15, 0.2) is 0 Å². The third kappa shape index (κ3) is 5.90. The van der Waals surface area contributed by atoms with Crippen molar-refractivity contribution in [1.82, 2.24) is 20.7 Å². The van der Waals surface area contributed by atoms with Crippen LogP contribution in [0.3, 0.4) is 0 Å². The van der Waals surface area contributed by atoms with Gasteiger partial charge >= 0.3 is 0 Å². The summed E-state index contributed by atoms with van der Waals surface area (Å²) in [7, 11) is 0. The van der Waals surface area contributed by atoms with Crippen LogP contribution < -0.4 is 10.9 Å². The molecule has 0 aromatic heterocycles. The van der Waals surface area contributed by atoms with E-state index in [1.165, 1.54) is 6.07 Å². The number of hydrogen-bond donors (Lipinski definition) is 2. The molecule has 0 aliphatic carbocycles. The lowest BCUT2D eigenvalue weighted by Gasteiger charge is -2.34. The number of hydrogen-bond acceptors (Lipinski definition) is 4. The fourth-order valence-electron chi connectivity index (χ4n) is 3.09. The topological polar surface area (TPSA) is 64.7 Å². The molecule has 9 heteroatoms. The zero-order chi connectivity index (χ0) is 20.8. The summed E-state index contributed by atoms with van der Waals surface area (Å²) < 4.78 is 13.9. The molecule has 2 aromatic carbocycles. The normalized spacial score (nSPS) is 15.1. The molecular weight excluding hydrogens is 418 g/mol. The maximum absolute atomic E-state index is 13.9. The second kappa shape index (κ2) is 10.0. The second-order valence-electron chi connectivity index (χ2n) is 6.73. The van der Waals surface area contributed by atoms with Crippen molar-refractivity contribution in [2.45, 2.75) is 6.54 Å². The maximum atomic E-state index is 13.9. The third-order valence-corrected chi connectivity index (χ3v) is 5.39. The highest BCUT2D eigenvalue weighted by Crippen LogP contribution is 2.21. The van der Waals surface area contributed by atoms with E-state index in [9.17, 15) is 14.0 Å². The molecule has 1 aliphatic heterocycles. The highest BCUT2D eigenvalue weighted by Gasteiger charge is 2.21. The van der Waals surface area contributed by atoms with E-state index in [1.807, 2.05) is 4.90 Å². The van der Waals surface area contributed by atoms with Crippen LogP contribution in [0.25, 0.3) is 0 Å². The quantitative estimate of drug-likeness (QED) is 0.704. The van der Waals surface area contributed by atoms with E-state index in [0.29, 0.717) is 48.3 Å². The summed E-state index contributed by atoms with van der Waals surface area (Å²) in [6, 6.07) is 11.3. The Labute approximate surface area is 178 Å². The van der Waals surface area contributed by atoms with Crippen LogP contribution in [0.5, 0.6) is 0 Å². The van der Waals surface area contributed by atoms with Gasteiger partial charge in [0, 0.05) is 43.3 Å². The molecule has 0 saturated carbocycles. The number of benzene rings is 2. The van der Waals surface area contributed by atoms with E-state index < -0.39 is 5.91 Å². The zero-order valence-corrected chi connectivity index (χ0v) is 17.1. The van der Waals surface area contributed by atoms with Gasteiger partial charge in [0.2, 0.25) is 0 Å². The molecule has 1 aliphatic rings. The smallest absolute Gasteiger partial charge is 0.271 e. The van der Waals surface area contributed by atoms with Gasteiger partial charge in [0.25, 0.3) is 11.8 Å². The Balaban J connectivity index is 1.42. The van der Waals surface area contributed by atoms with Gasteiger partial charge in [-0.3, -0.25) is 30.2 Å². The van der Waals surface area contributed by atoms with Crippen LogP contribution in [0.15, 0.2) is 42.5 Å². The van der Waals surface area contributed by atoms with E-state index in [-0.39, 0.29) is 23.8 Å². The molecule has 6 nitrogen and oxygen atoms in total. The lowest BCUT2D eigenvalue weighted by atomic mass is 10.2. The molecule has 1 fully saturated rings. The van der Waals surface area contributed by atoms with Crippen molar-refractivity contribution in [2.75, 3.05) is 32.7 Å². The molecule has 0 radical (unpaired) electrons. The number of amides is 2. The van der Waals surface area contributed by atoms with Gasteiger partial charge in [-0.2, -0.15) is 0 Å². The summed E-state index contributed by atoms with van der Waals surface area (Å²) in [4.78, 5) is 28.2. The van der Waals surface area contributed by atoms with Crippen LogP contribution in [0.2, 0.25) is 10.0 Å². The fourth-order valence-corrected chi connectivity index (χ4v) is 3.54. The minimum Gasteiger partial charge on any atom is -0.296 e. The number of nitrogens with one attached hydrogen (secondary N) is 2. The van der Waals surface area contributed by atoms with Crippen molar-refractivity contribution in [2.24, 2.45) is 0 Å². The number of piperazine rings is 1. The molecular formula is C20H21Cl2FN4O2. The number of rotatable bonds is 5. The highest BCUT2D eigenvalue weighted by molar-refractivity contribution is 6.33. The van der Waals surface area contributed by atoms with Gasteiger partial charge in [0.05, 0.1) is 17.1 Å². The first-order valence-corrected chi connectivity index (χ1v) is 9.91. The first-order chi connectivity index (χ1) is 13.9. The Hall–Kier alpha value is -2.19. The Bertz CT molecular complexity index is 868. The number of halogens is 3. The number of hydrazine groups is 1. The molecule has 2 aromatic rings. The molecule has 0 spiro atoms. The predicted molar refractivity (Wildman–Crippen MR) is 110 cm³/mol. The van der Waals surface area contributed by atoms with Crippen LogP contribution in [-0.4, -0.2) is 54.3 Å². The second-order valence-corrected chi connectivity index (χ2v) is 7.55. The first-order valence-electron chi connectivity index (χ1n) is 9.15. The summed E-state index contributed by atoms with van der Waals surface area (Å²) in [5.41, 5.74) is 5.54. The van der Waals surface area contributed by atoms with Crippen molar-refractivity contribution in [1.29, 1.82) is 0 Å². The standard InChI is InChI=1S/C20H21Cl2FN4O2/c21-16-5-2-1-4-14(16)20(29)25-24-19(28)13-27-10-8-26(9-11-27)12-15-17(22)6-3-7-18(15)23/h1-7H,8-13H2,(H,24,28)(H,25,29). The summed E-state index contributed by atoms with van der Waals surface area (Å²) in [5, 5.41) is 0.728. The third-order valence-electron chi connectivity index (χ3n) is 4.71. The molecule has 1 heterocycles. The summed E-state index contributed by atoms with van der Waals surface area (Å²) in [6.45, 7) is 3.25. The van der Waals surface area contributed by atoms with Crippen molar-refractivity contribution < 1.29 is 14.0 Å². The summed E-state index contributed by atoms with van der Waals surface area (Å²) in [5.74, 6) is -1.11. The van der Waals surface area contributed by atoms with E-state index in [0.717, 1.165) is 0 Å². The van der Waals surface area contributed by atoms with Crippen molar-refractivity contribution in [3.05, 3.63) is 69.5 Å². The summed E-state index contributed by atoms with van der Waals surface area (Å²) >= 11 is 12.1. The fraction of sp³-hybridized carbons (Fsp3) is 0.300. The molecule has 1 saturated heterocycles. The molecule has 29 heavy (non-hydrogen) atoms. The van der Waals surface area contributed by atoms with Crippen LogP contribution >= 0.6 is 23.2 Å². The van der Waals surface area contributed by atoms with E-state index >= 15 is 0 Å². The van der Waals surface area contributed by atoms with Crippen LogP contribution in [0, 0.1) is 5.82 Å². The monoisotopic (exact) mass is 438 g/mol. The minimum atomic E-state index is -0.476. The Morgan fingerprint density at radius 2 is 1.55 bits per heavy atom. The molecule has 0 unspecified atom stereocenters. The Morgan fingerprint density at radius 3 is 2.24 bits per heavy atom. The van der Waals surface area contributed by atoms with Gasteiger partial charge in [-0.05, 0) is 24.3 Å². The van der Waals surface area contributed by atoms with E-state index in [4.69, 9.17) is 23.2 Å². The predicted octanol–water partition coefficient (Wildman–Crippen LogP) is 2.71. The van der Waals surface area contributed by atoms with Crippen molar-refractivity contribution in [3.8, 4) is 0 Å². The SMILES string of the molecule is O=C(CN1CCN(Cc2c(F)cccc2Cl)CC1)NNC(=O)c1ccccc1Cl. The first kappa shape index (κ1) is 21.5. The van der Waals surface area contributed by atoms with E-state index in [1.54, 1.807) is 36.4 Å². The van der Waals surface area contributed by atoms with Crippen LogP contribution in [-0.2, 0) is 11.3 Å². The maximum Gasteiger partial charge on any atom is 0.271 e. The van der Waals surface area contributed by atoms with Crippen molar-refractivity contribution >= 4 is 35.0 Å². The number of carbonyl (C=O) groups is 2. The highest BCUT2D eigenvalue weighted by atomic mass is 35.5. The molecule has 2 N–H and O–H groups in total. The van der Waals surface area contributed by atoms with Crippen LogP contribution in [0.4, 0.5) is 4.39 Å². The lowest BCUT2D eigenvalue weighted by Crippen LogP contribution is -2.51. The number of carbonyl (C=O) groups excluding carboxylic acids is 2. The van der Waals surface area contributed by atoms with Gasteiger partial charge < -0.3 is 0 Å². The minimum absolute atomic E-state index is 0.150. The molecule has 154 valence electrons. The van der Waals surface area contributed by atoms with E-state index in [2.05, 4.69) is 15.8 Å². The lowest BCUT2D eigenvalue weighted by molar-refractivity contribution is -0.123. The average Bonchev–Trinajstić information content (AvgIpc) is 2.71.